The molecule has 1 rings (SSSR count). The quantitative estimate of drug-likeness (QED) is 0.828. The van der Waals surface area contributed by atoms with Crippen LogP contribution in [0, 0.1) is 13.8 Å². The molecular weight excluding hydrogens is 204 g/mol. The van der Waals surface area contributed by atoms with Crippen LogP contribution in [0.3, 0.4) is 0 Å². The van der Waals surface area contributed by atoms with E-state index in [1.54, 1.807) is 0 Å². The molecule has 0 saturated heterocycles. The second kappa shape index (κ2) is 5.58. The molecule has 0 spiro atoms. The predicted molar refractivity (Wildman–Crippen MR) is 61.5 cm³/mol. The maximum absolute atomic E-state index is 10.5. The van der Waals surface area contributed by atoms with Crippen LogP contribution in [-0.2, 0) is 17.6 Å². The Kier molecular flexibility index (Phi) is 4.40. The number of carboxylic acid groups (broad SMARTS) is 1. The fraction of sp³-hybridized carbons (Fsp3) is 0.583. The van der Waals surface area contributed by atoms with Crippen molar-refractivity contribution in [3.8, 4) is 0 Å². The Hall–Kier alpha value is -1.45. The summed E-state index contributed by atoms with van der Waals surface area (Å²) < 4.78 is 0. The molecule has 0 saturated carbocycles. The van der Waals surface area contributed by atoms with Gasteiger partial charge in [0, 0.05) is 24.2 Å². The van der Waals surface area contributed by atoms with Crippen LogP contribution in [0.2, 0.25) is 0 Å². The Morgan fingerprint density at radius 3 is 2.19 bits per heavy atom. The number of aryl methyl sites for hydroxylation is 3. The van der Waals surface area contributed by atoms with Crippen molar-refractivity contribution in [3.05, 3.63) is 22.8 Å². The summed E-state index contributed by atoms with van der Waals surface area (Å²) in [4.78, 5) is 19.3. The van der Waals surface area contributed by atoms with Gasteiger partial charge < -0.3 is 5.11 Å². The molecule has 0 bridgehead atoms. The van der Waals surface area contributed by atoms with E-state index < -0.39 is 5.97 Å². The van der Waals surface area contributed by atoms with E-state index in [2.05, 4.69) is 16.9 Å². The second-order valence-corrected chi connectivity index (χ2v) is 3.93. The van der Waals surface area contributed by atoms with Gasteiger partial charge in [-0.05, 0) is 32.3 Å². The first-order chi connectivity index (χ1) is 7.54. The molecule has 4 heteroatoms. The van der Waals surface area contributed by atoms with Gasteiger partial charge in [0.2, 0.25) is 0 Å². The molecule has 16 heavy (non-hydrogen) atoms. The molecule has 0 atom stereocenters. The minimum atomic E-state index is -0.781. The summed E-state index contributed by atoms with van der Waals surface area (Å²) in [7, 11) is 0. The van der Waals surface area contributed by atoms with Crippen molar-refractivity contribution < 1.29 is 9.90 Å². The predicted octanol–water partition coefficient (Wildman–Crippen LogP) is 2.06. The number of carbonyl (C=O) groups is 1. The summed E-state index contributed by atoms with van der Waals surface area (Å²) in [5.74, 6) is 0.0769. The zero-order valence-corrected chi connectivity index (χ0v) is 10.1. The molecular formula is C12H18N2O2. The number of rotatable bonds is 5. The number of hydrogen-bond acceptors (Lipinski definition) is 3. The van der Waals surface area contributed by atoms with E-state index in [0.29, 0.717) is 6.42 Å². The fourth-order valence-corrected chi connectivity index (χ4v) is 1.74. The summed E-state index contributed by atoms with van der Waals surface area (Å²) in [6, 6.07) is 0. The summed E-state index contributed by atoms with van der Waals surface area (Å²) in [6.07, 6.45) is 2.55. The minimum absolute atomic E-state index is 0.137. The Morgan fingerprint density at radius 2 is 1.75 bits per heavy atom. The van der Waals surface area contributed by atoms with Crippen LogP contribution in [0.25, 0.3) is 0 Å². The van der Waals surface area contributed by atoms with Crippen LogP contribution in [0.1, 0.15) is 42.5 Å². The first-order valence-electron chi connectivity index (χ1n) is 5.59. The minimum Gasteiger partial charge on any atom is -0.481 e. The van der Waals surface area contributed by atoms with Crippen molar-refractivity contribution >= 4 is 5.97 Å². The van der Waals surface area contributed by atoms with Crippen molar-refractivity contribution in [2.75, 3.05) is 0 Å². The van der Waals surface area contributed by atoms with Gasteiger partial charge in [0.15, 0.2) is 0 Å². The smallest absolute Gasteiger partial charge is 0.303 e. The van der Waals surface area contributed by atoms with Gasteiger partial charge in [0.25, 0.3) is 0 Å². The van der Waals surface area contributed by atoms with E-state index >= 15 is 0 Å². The largest absolute Gasteiger partial charge is 0.481 e. The SMILES string of the molecule is CCCc1nc(C)c(CCC(=O)O)c(C)n1. The number of nitrogens with zero attached hydrogens (tertiary/aromatic N) is 2. The fourth-order valence-electron chi connectivity index (χ4n) is 1.74. The standard InChI is InChI=1S/C12H18N2O2/c1-4-5-11-13-8(2)10(9(3)14-11)6-7-12(15)16/h4-7H2,1-3H3,(H,15,16). The third kappa shape index (κ3) is 3.29. The molecule has 0 amide bonds. The van der Waals surface area contributed by atoms with Crippen LogP contribution < -0.4 is 0 Å². The van der Waals surface area contributed by atoms with Gasteiger partial charge in [-0.3, -0.25) is 4.79 Å². The highest BCUT2D eigenvalue weighted by molar-refractivity contribution is 5.67. The number of carboxylic acids is 1. The molecule has 0 aliphatic heterocycles. The average molecular weight is 222 g/mol. The molecule has 0 aromatic carbocycles. The van der Waals surface area contributed by atoms with E-state index in [1.165, 1.54) is 0 Å². The zero-order valence-electron chi connectivity index (χ0n) is 10.1. The van der Waals surface area contributed by atoms with Gasteiger partial charge in [-0.2, -0.15) is 0 Å². The lowest BCUT2D eigenvalue weighted by Crippen LogP contribution is -2.07. The van der Waals surface area contributed by atoms with Gasteiger partial charge in [-0.1, -0.05) is 6.92 Å². The lowest BCUT2D eigenvalue weighted by atomic mass is 10.1. The van der Waals surface area contributed by atoms with E-state index in [9.17, 15) is 4.79 Å². The summed E-state index contributed by atoms with van der Waals surface area (Å²) in [6.45, 7) is 5.93. The second-order valence-electron chi connectivity index (χ2n) is 3.93. The van der Waals surface area contributed by atoms with Crippen molar-refractivity contribution in [3.63, 3.8) is 0 Å². The maximum Gasteiger partial charge on any atom is 0.303 e. The number of aromatic nitrogens is 2. The van der Waals surface area contributed by atoms with Crippen molar-refractivity contribution in [1.29, 1.82) is 0 Å². The molecule has 4 nitrogen and oxygen atoms in total. The van der Waals surface area contributed by atoms with Crippen LogP contribution in [0.5, 0.6) is 0 Å². The Balaban J connectivity index is 2.89. The van der Waals surface area contributed by atoms with Crippen molar-refractivity contribution in [2.45, 2.75) is 46.5 Å². The summed E-state index contributed by atoms with van der Waals surface area (Å²) in [5, 5.41) is 8.65. The molecule has 88 valence electrons. The molecule has 0 fully saturated rings. The van der Waals surface area contributed by atoms with Crippen LogP contribution in [0.4, 0.5) is 0 Å². The van der Waals surface area contributed by atoms with Crippen LogP contribution in [-0.4, -0.2) is 21.0 Å². The number of aliphatic carboxylic acids is 1. The Labute approximate surface area is 95.7 Å². The summed E-state index contributed by atoms with van der Waals surface area (Å²) >= 11 is 0. The molecule has 0 radical (unpaired) electrons. The normalized spacial score (nSPS) is 10.4. The van der Waals surface area contributed by atoms with Gasteiger partial charge in [-0.15, -0.1) is 0 Å². The topological polar surface area (TPSA) is 63.1 Å². The van der Waals surface area contributed by atoms with E-state index in [1.807, 2.05) is 13.8 Å². The van der Waals surface area contributed by atoms with Crippen LogP contribution >= 0.6 is 0 Å². The maximum atomic E-state index is 10.5. The van der Waals surface area contributed by atoms with Crippen molar-refractivity contribution in [2.24, 2.45) is 0 Å². The zero-order chi connectivity index (χ0) is 12.1. The summed E-state index contributed by atoms with van der Waals surface area (Å²) in [5.41, 5.74) is 2.80. The van der Waals surface area contributed by atoms with E-state index in [4.69, 9.17) is 5.11 Å². The van der Waals surface area contributed by atoms with Crippen LogP contribution in [0.15, 0.2) is 0 Å². The van der Waals surface area contributed by atoms with E-state index in [0.717, 1.165) is 35.6 Å². The molecule has 0 unspecified atom stereocenters. The lowest BCUT2D eigenvalue weighted by molar-refractivity contribution is -0.136. The first kappa shape index (κ1) is 12.6. The molecule has 1 heterocycles. The highest BCUT2D eigenvalue weighted by Crippen LogP contribution is 2.13. The van der Waals surface area contributed by atoms with Crippen molar-refractivity contribution in [1.82, 2.24) is 9.97 Å². The lowest BCUT2D eigenvalue weighted by Gasteiger charge is -2.09. The molecule has 1 aromatic rings. The first-order valence-corrected chi connectivity index (χ1v) is 5.59. The third-order valence-electron chi connectivity index (χ3n) is 2.53. The Morgan fingerprint density at radius 1 is 1.19 bits per heavy atom. The highest BCUT2D eigenvalue weighted by Gasteiger charge is 2.09. The van der Waals surface area contributed by atoms with Gasteiger partial charge in [0.05, 0.1) is 0 Å². The van der Waals surface area contributed by atoms with Gasteiger partial charge in [-0.25, -0.2) is 9.97 Å². The monoisotopic (exact) mass is 222 g/mol. The molecule has 1 N–H and O–H groups in total. The molecule has 0 aliphatic rings. The van der Waals surface area contributed by atoms with E-state index in [-0.39, 0.29) is 6.42 Å². The number of hydrogen-bond donors (Lipinski definition) is 1. The Bertz CT molecular complexity index is 366. The third-order valence-corrected chi connectivity index (χ3v) is 2.53. The van der Waals surface area contributed by atoms with Gasteiger partial charge in [0.1, 0.15) is 5.82 Å². The average Bonchev–Trinajstić information content (AvgIpc) is 2.16. The molecule has 0 aliphatic carbocycles. The highest BCUT2D eigenvalue weighted by atomic mass is 16.4. The molecule has 1 aromatic heterocycles. The van der Waals surface area contributed by atoms with Gasteiger partial charge >= 0.3 is 5.97 Å².